The fourth-order valence-corrected chi connectivity index (χ4v) is 12.0. The summed E-state index contributed by atoms with van der Waals surface area (Å²) in [5.74, 6) is -10.7. The van der Waals surface area contributed by atoms with Crippen LogP contribution in [0.4, 0.5) is 0 Å². The van der Waals surface area contributed by atoms with E-state index in [9.17, 15) is 67.1 Å². The first-order valence-electron chi connectivity index (χ1n) is 34.2. The maximum Gasteiger partial charge on any atom is 0.325 e. The molecule has 0 saturated carbocycles. The quantitative estimate of drug-likeness (QED) is 0.0132. The van der Waals surface area contributed by atoms with Gasteiger partial charge < -0.3 is 96.8 Å². The number of ether oxygens (including phenoxy) is 1. The Bertz CT molecular complexity index is 3150. The van der Waals surface area contributed by atoms with Crippen molar-refractivity contribution in [2.45, 2.75) is 190 Å². The molecule has 0 spiro atoms. The van der Waals surface area contributed by atoms with Gasteiger partial charge in [0.2, 0.25) is 76.8 Å². The van der Waals surface area contributed by atoms with Crippen molar-refractivity contribution in [2.24, 2.45) is 45.3 Å². The molecule has 33 nitrogen and oxygen atoms in total. The van der Waals surface area contributed by atoms with Crippen molar-refractivity contribution in [3.8, 4) is 0 Å². The Morgan fingerprint density at radius 1 is 0.545 bits per heavy atom. The number of nitrogens with two attached hydrogens (primary N) is 6. The van der Waals surface area contributed by atoms with E-state index in [1.807, 2.05) is 20.1 Å². The van der Waals surface area contributed by atoms with Gasteiger partial charge in [-0.25, -0.2) is 0 Å². The van der Waals surface area contributed by atoms with E-state index in [4.69, 9.17) is 39.1 Å². The van der Waals surface area contributed by atoms with Crippen molar-refractivity contribution in [3.05, 3.63) is 71.8 Å². The molecular formula is C67H104N18O15S. The van der Waals surface area contributed by atoms with Gasteiger partial charge in [0, 0.05) is 45.3 Å². The predicted octanol–water partition coefficient (Wildman–Crippen LogP) is -3.52. The molecule has 558 valence electrons. The molecule has 13 amide bonds. The number of carbonyl (C=O) groups excluding carboxylic acids is 14. The molecule has 2 aromatic carbocycles. The fraction of sp³-hybridized carbons (Fsp3) is 0.597. The zero-order chi connectivity index (χ0) is 74.6. The first-order chi connectivity index (χ1) is 48.2. The van der Waals surface area contributed by atoms with E-state index in [0.29, 0.717) is 55.4 Å². The van der Waals surface area contributed by atoms with Crippen LogP contribution in [0.5, 0.6) is 0 Å². The molecule has 2 heterocycles. The first-order valence-corrected chi connectivity index (χ1v) is 35.6. The monoisotopic (exact) mass is 1430 g/mol. The van der Waals surface area contributed by atoms with Crippen LogP contribution in [0.1, 0.15) is 128 Å². The summed E-state index contributed by atoms with van der Waals surface area (Å²) in [6, 6.07) is 4.17. The second-order valence-electron chi connectivity index (χ2n) is 25.2. The lowest BCUT2D eigenvalue weighted by Crippen LogP contribution is -2.60. The highest BCUT2D eigenvalue weighted by atomic mass is 32.2. The van der Waals surface area contributed by atoms with Crippen molar-refractivity contribution in [1.29, 1.82) is 0 Å². The summed E-state index contributed by atoms with van der Waals surface area (Å²) >= 11 is 1.42. The Morgan fingerprint density at radius 3 is 1.51 bits per heavy atom. The number of thioether (sulfide) groups is 1. The van der Waals surface area contributed by atoms with Crippen LogP contribution in [-0.4, -0.2) is 217 Å². The van der Waals surface area contributed by atoms with Crippen LogP contribution in [0.15, 0.2) is 65.7 Å². The maximum absolute atomic E-state index is 14.8. The molecule has 0 aromatic heterocycles. The zero-order valence-corrected chi connectivity index (χ0v) is 59.0. The predicted molar refractivity (Wildman–Crippen MR) is 376 cm³/mol. The van der Waals surface area contributed by atoms with Crippen molar-refractivity contribution >= 4 is 100 Å². The molecule has 2 aliphatic heterocycles. The number of carbonyl (C=O) groups is 14. The van der Waals surface area contributed by atoms with Gasteiger partial charge in [0.05, 0.1) is 19.2 Å². The fourth-order valence-electron chi connectivity index (χ4n) is 11.5. The number of rotatable bonds is 45. The van der Waals surface area contributed by atoms with E-state index in [1.165, 1.54) is 21.6 Å². The molecule has 0 aliphatic carbocycles. The number of likely N-dealkylation sites (tertiary alicyclic amines) is 2. The number of benzene rings is 2. The van der Waals surface area contributed by atoms with Crippen molar-refractivity contribution in [3.63, 3.8) is 0 Å². The number of esters is 1. The molecule has 2 saturated heterocycles. The lowest BCUT2D eigenvalue weighted by atomic mass is 10.0. The minimum Gasteiger partial charge on any atom is -0.465 e. The standard InChI is InChI=1S/C67H104N18O15S/c1-5-100-56(89)39-76-57(90)46(29-34-101-4)79-61(94)48(35-40(2)3)77-55(88)38-75-58(91)49(36-41-17-8-6-9-18-41)82-62(95)50(37-42-19-10-7-11-20-42)83-60(93)44(25-27-53(70)86)78-59(92)45(26-28-54(71)87)80-63(96)52-24-16-33-85(52)66(99)47(22-12-13-30-68)81-64(97)51-23-15-32-84(51)65(98)43(69)21-14-31-74-67(72)73/h6-11,17-20,40,43-52H,5,12-16,21-39,68-69H2,1-4H3,(H2,70,86)(H2,71,87)(H,75,91)(H,76,90)(H,77,88)(H,78,92)(H,79,94)(H,80,96)(H,81,97)(H,82,95)(H,83,93)(H4,72,73,74)/t43-,44-,45-,46-,47-,48-,49-,50-,51-,52-/m0/s1. The molecule has 0 radical (unpaired) electrons. The van der Waals surface area contributed by atoms with Gasteiger partial charge >= 0.3 is 5.97 Å². The van der Waals surface area contributed by atoms with Gasteiger partial charge in [-0.2, -0.15) is 11.8 Å². The minimum atomic E-state index is -1.66. The summed E-state index contributed by atoms with van der Waals surface area (Å²) in [5, 5.41) is 23.7. The Morgan fingerprint density at radius 2 is 1.01 bits per heavy atom. The number of primary amides is 2. The molecule has 10 atom stereocenters. The van der Waals surface area contributed by atoms with E-state index >= 15 is 0 Å². The van der Waals surface area contributed by atoms with Gasteiger partial charge in [0.25, 0.3) is 0 Å². The molecular weight excluding hydrogens is 1330 g/mol. The van der Waals surface area contributed by atoms with E-state index in [2.05, 4.69) is 52.8 Å². The van der Waals surface area contributed by atoms with E-state index in [-0.39, 0.29) is 89.6 Å². The van der Waals surface area contributed by atoms with Gasteiger partial charge in [-0.3, -0.25) is 72.1 Å². The molecule has 0 unspecified atom stereocenters. The van der Waals surface area contributed by atoms with Gasteiger partial charge in [-0.05, 0) is 126 Å². The Hall–Kier alpha value is -9.44. The number of guanidine groups is 1. The first kappa shape index (κ1) is 84.0. The Kier molecular flexibility index (Phi) is 37.1. The lowest BCUT2D eigenvalue weighted by Gasteiger charge is -2.32. The molecule has 0 bridgehead atoms. The molecule has 2 fully saturated rings. The highest BCUT2D eigenvalue weighted by molar-refractivity contribution is 7.98. The SMILES string of the molecule is CCOC(=O)CNC(=O)[C@H](CCSC)NC(=O)[C@H](CC(C)C)NC(=O)CNC(=O)[C@H](Cc1ccccc1)NC(=O)[C@H](Cc1ccccc1)NC(=O)[C@H](CCC(N)=O)NC(=O)[C@H](CCC(N)=O)NC(=O)[C@@H]1CCCN1C(=O)[C@H](CCCCN)NC(=O)[C@@H]1CCCN1C(=O)[C@@H](N)CCCN=C(N)N. The second kappa shape index (κ2) is 44.6. The summed E-state index contributed by atoms with van der Waals surface area (Å²) < 4.78 is 4.90. The third kappa shape index (κ3) is 30.1. The number of nitrogens with zero attached hydrogens (tertiary/aromatic N) is 3. The largest absolute Gasteiger partial charge is 0.465 e. The third-order valence-corrected chi connectivity index (χ3v) is 17.4. The summed E-state index contributed by atoms with van der Waals surface area (Å²) in [6.45, 7) is 5.06. The van der Waals surface area contributed by atoms with Crippen molar-refractivity contribution < 1.29 is 71.9 Å². The summed E-state index contributed by atoms with van der Waals surface area (Å²) in [4.78, 5) is 199. The van der Waals surface area contributed by atoms with E-state index < -0.39 is 182 Å². The van der Waals surface area contributed by atoms with Crippen LogP contribution in [0.25, 0.3) is 0 Å². The third-order valence-electron chi connectivity index (χ3n) is 16.7. The lowest BCUT2D eigenvalue weighted by molar-refractivity contribution is -0.144. The summed E-state index contributed by atoms with van der Waals surface area (Å²) in [5.41, 5.74) is 35.1. The highest BCUT2D eigenvalue weighted by Gasteiger charge is 2.42. The van der Waals surface area contributed by atoms with E-state index in [1.54, 1.807) is 67.6 Å². The van der Waals surface area contributed by atoms with E-state index in [0.717, 1.165) is 0 Å². The molecule has 34 heteroatoms. The zero-order valence-electron chi connectivity index (χ0n) is 58.1. The minimum absolute atomic E-state index is 0.0662. The molecule has 2 aliphatic rings. The Balaban J connectivity index is 1.56. The summed E-state index contributed by atoms with van der Waals surface area (Å²) in [6.07, 6.45) is 2.85. The molecule has 4 rings (SSSR count). The number of unbranched alkanes of at least 4 members (excludes halogenated alkanes) is 1. The number of hydrogen-bond acceptors (Lipinski definition) is 19. The Labute approximate surface area is 592 Å². The average molecular weight is 1430 g/mol. The second-order valence-corrected chi connectivity index (χ2v) is 26.2. The summed E-state index contributed by atoms with van der Waals surface area (Å²) in [7, 11) is 0. The number of nitrogens with one attached hydrogen (secondary N) is 9. The molecule has 101 heavy (non-hydrogen) atoms. The number of amides is 13. The smallest absolute Gasteiger partial charge is 0.325 e. The van der Waals surface area contributed by atoms with Crippen molar-refractivity contribution in [1.82, 2.24) is 57.7 Å². The van der Waals surface area contributed by atoms with Crippen LogP contribution in [0, 0.1) is 5.92 Å². The maximum atomic E-state index is 14.8. The van der Waals surface area contributed by atoms with Crippen LogP contribution in [-0.2, 0) is 84.7 Å². The van der Waals surface area contributed by atoms with Gasteiger partial charge in [0.15, 0.2) is 5.96 Å². The van der Waals surface area contributed by atoms with Crippen molar-refractivity contribution in [2.75, 3.05) is 57.9 Å². The van der Waals surface area contributed by atoms with Crippen LogP contribution >= 0.6 is 11.8 Å². The van der Waals surface area contributed by atoms with Crippen LogP contribution < -0.4 is 82.3 Å². The van der Waals surface area contributed by atoms with Crippen LogP contribution in [0.3, 0.4) is 0 Å². The topological polar surface area (TPSA) is 531 Å². The molecule has 21 N–H and O–H groups in total. The van der Waals surface area contributed by atoms with Gasteiger partial charge in [-0.15, -0.1) is 0 Å². The normalized spacial score (nSPS) is 16.4. The van der Waals surface area contributed by atoms with Crippen LogP contribution in [0.2, 0.25) is 0 Å². The van der Waals surface area contributed by atoms with Gasteiger partial charge in [-0.1, -0.05) is 74.5 Å². The number of hydrogen-bond donors (Lipinski definition) is 15. The highest BCUT2D eigenvalue weighted by Crippen LogP contribution is 2.24. The van der Waals surface area contributed by atoms with Gasteiger partial charge in [0.1, 0.15) is 60.9 Å². The average Bonchev–Trinajstić information content (AvgIpc) is 1.73. The molecule has 2 aromatic rings. The number of aliphatic imine (C=N–C) groups is 1.